The van der Waals surface area contributed by atoms with Gasteiger partial charge >= 0.3 is 0 Å². The van der Waals surface area contributed by atoms with Crippen LogP contribution in [0.5, 0.6) is 0 Å². The van der Waals surface area contributed by atoms with Crippen LogP contribution < -0.4 is 22.2 Å². The number of para-hydroxylation sites is 2. The summed E-state index contributed by atoms with van der Waals surface area (Å²) in [4.78, 5) is 87.0. The van der Waals surface area contributed by atoms with Crippen LogP contribution in [0.4, 0.5) is 11.4 Å². The smallest absolute Gasteiger partial charge is 0.275 e. The first kappa shape index (κ1) is 45.0. The van der Waals surface area contributed by atoms with Gasteiger partial charge in [0.1, 0.15) is 0 Å². The molecule has 65 heavy (non-hydrogen) atoms. The van der Waals surface area contributed by atoms with Gasteiger partial charge in [0.2, 0.25) is 11.1 Å². The molecule has 5 N–H and O–H groups in total. The Balaban J connectivity index is 0.000000159. The number of anilines is 2. The number of nitrogens with zero attached hydrogens (tertiary/aromatic N) is 6. The van der Waals surface area contributed by atoms with Gasteiger partial charge in [-0.3, -0.25) is 39.0 Å². The van der Waals surface area contributed by atoms with E-state index in [1.54, 1.807) is 38.1 Å². The maximum atomic E-state index is 13.6. The molecule has 6 aromatic rings. The monoisotopic (exact) mass is 902 g/mol. The highest BCUT2D eigenvalue weighted by atomic mass is 35.5. The van der Waals surface area contributed by atoms with Gasteiger partial charge in [-0.25, -0.2) is 19.0 Å². The summed E-state index contributed by atoms with van der Waals surface area (Å²) in [6.07, 6.45) is 9.34. The Hall–Kier alpha value is -6.55. The van der Waals surface area contributed by atoms with E-state index in [-0.39, 0.29) is 58.0 Å². The number of hydrogen-bond donors (Lipinski definition) is 4. The lowest BCUT2D eigenvalue weighted by molar-refractivity contribution is -0.117. The van der Waals surface area contributed by atoms with Crippen LogP contribution in [-0.4, -0.2) is 75.0 Å². The number of rotatable bonds is 7. The quantitative estimate of drug-likeness (QED) is 0.0948. The molecule has 340 valence electrons. The highest BCUT2D eigenvalue weighted by molar-refractivity contribution is 6.64. The first-order chi connectivity index (χ1) is 31.2. The summed E-state index contributed by atoms with van der Waals surface area (Å²) in [5.41, 5.74) is 13.2. The number of benzene rings is 2. The van der Waals surface area contributed by atoms with Crippen molar-refractivity contribution in [3.63, 3.8) is 0 Å². The van der Waals surface area contributed by atoms with E-state index in [0.29, 0.717) is 63.7 Å². The lowest BCUT2D eigenvalue weighted by atomic mass is 9.98. The summed E-state index contributed by atoms with van der Waals surface area (Å²) in [5, 5.41) is 9.14. The van der Waals surface area contributed by atoms with Gasteiger partial charge in [0.05, 0.1) is 40.3 Å². The van der Waals surface area contributed by atoms with E-state index in [1.807, 2.05) is 60.0 Å². The van der Waals surface area contributed by atoms with Crippen molar-refractivity contribution in [3.05, 3.63) is 126 Å². The molecule has 4 aromatic heterocycles. The van der Waals surface area contributed by atoms with Crippen LogP contribution in [0.2, 0.25) is 0 Å². The van der Waals surface area contributed by atoms with Gasteiger partial charge < -0.3 is 20.9 Å². The van der Waals surface area contributed by atoms with Crippen LogP contribution >= 0.6 is 11.6 Å². The standard InChI is InChI=1S/C24H27N5O3.C20H23N5O2.C4H5ClO/c1-14-15(2)25-21-13-19(27-29(21)23(14)31)20-9-5-6-12-28(20)24(32)17-7-3-4-8-18(17)26-22(30)16-10-11-16;1-12-13(2)22-18-11-16(23-25(18)19(12)26)17-9-5-6-10-24(17)20(27)14-7-3-4-8-15(14)21;5-4(6)3-1-2-3/h3-4,7-8,13,16,20,27H,5-6,9-12H2,1-2H3,(H,26,30);3-4,7-8,11,17,23H,5-6,9-10,21H2,1-2H3;3H,1-2H2/t20-;17-;/m00./s1. The van der Waals surface area contributed by atoms with Crippen molar-refractivity contribution >= 4 is 57.2 Å². The third-order valence-corrected chi connectivity index (χ3v) is 13.2. The molecule has 4 fully saturated rings. The van der Waals surface area contributed by atoms with E-state index in [4.69, 9.17) is 17.3 Å². The second kappa shape index (κ2) is 18.9. The average Bonchev–Trinajstić information content (AvgIpc) is 4.26. The number of nitrogen functional groups attached to an aromatic ring is 1. The van der Waals surface area contributed by atoms with Crippen molar-refractivity contribution in [1.29, 1.82) is 0 Å². The number of aromatic nitrogens is 6. The molecule has 17 heteroatoms. The molecule has 0 spiro atoms. The molecule has 2 aliphatic heterocycles. The molecule has 2 aromatic carbocycles. The number of fused-ring (bicyclic) bond motifs is 2. The molecule has 4 aliphatic rings. The summed E-state index contributed by atoms with van der Waals surface area (Å²) in [5.74, 6) is 0.0701. The summed E-state index contributed by atoms with van der Waals surface area (Å²) in [6.45, 7) is 8.47. The number of aryl methyl sites for hydroxylation is 2. The number of nitrogens with two attached hydrogens (primary N) is 1. The average molecular weight is 903 g/mol. The maximum Gasteiger partial charge on any atom is 0.275 e. The van der Waals surface area contributed by atoms with Crippen LogP contribution in [0.25, 0.3) is 11.3 Å². The van der Waals surface area contributed by atoms with E-state index in [0.717, 1.165) is 81.3 Å². The number of hydrogen-bond acceptors (Lipinski definition) is 9. The summed E-state index contributed by atoms with van der Waals surface area (Å²) in [6, 6.07) is 17.7. The Morgan fingerprint density at radius 2 is 1.11 bits per heavy atom. The van der Waals surface area contributed by atoms with Crippen molar-refractivity contribution in [3.8, 4) is 0 Å². The molecule has 2 saturated heterocycles. The van der Waals surface area contributed by atoms with Crippen LogP contribution in [0.1, 0.15) is 131 Å². The van der Waals surface area contributed by atoms with Gasteiger partial charge in [-0.15, -0.1) is 0 Å². The Bertz CT molecular complexity index is 2930. The van der Waals surface area contributed by atoms with Crippen molar-refractivity contribution < 1.29 is 19.2 Å². The highest BCUT2D eigenvalue weighted by Gasteiger charge is 2.34. The van der Waals surface area contributed by atoms with E-state index in [2.05, 4.69) is 25.5 Å². The summed E-state index contributed by atoms with van der Waals surface area (Å²) in [7, 11) is 0. The second-order valence-corrected chi connectivity index (χ2v) is 17.9. The second-order valence-electron chi connectivity index (χ2n) is 17.6. The van der Waals surface area contributed by atoms with Crippen LogP contribution in [-0.2, 0) is 9.59 Å². The van der Waals surface area contributed by atoms with Crippen molar-refractivity contribution in [1.82, 2.24) is 39.0 Å². The van der Waals surface area contributed by atoms with Gasteiger partial charge in [-0.05, 0) is 128 Å². The fraction of sp³-hybridized carbons (Fsp3) is 0.417. The van der Waals surface area contributed by atoms with E-state index >= 15 is 0 Å². The zero-order valence-electron chi connectivity index (χ0n) is 37.2. The number of nitrogens with one attached hydrogen (secondary N) is 3. The number of halogens is 1. The number of aromatic amines is 2. The Kier molecular flexibility index (Phi) is 13.1. The first-order valence-electron chi connectivity index (χ1n) is 22.4. The van der Waals surface area contributed by atoms with Crippen molar-refractivity contribution in [2.75, 3.05) is 24.1 Å². The van der Waals surface area contributed by atoms with Crippen LogP contribution in [0.3, 0.4) is 0 Å². The van der Waals surface area contributed by atoms with E-state index in [9.17, 15) is 28.8 Å². The first-order valence-corrected chi connectivity index (χ1v) is 22.8. The van der Waals surface area contributed by atoms with E-state index in [1.165, 1.54) is 9.03 Å². The van der Waals surface area contributed by atoms with Gasteiger partial charge in [0, 0.05) is 65.3 Å². The molecular formula is C48H55ClN10O6. The minimum Gasteiger partial charge on any atom is -0.398 e. The largest absolute Gasteiger partial charge is 0.398 e. The molecule has 0 radical (unpaired) electrons. The topological polar surface area (TPSA) is 213 Å². The molecule has 0 unspecified atom stereocenters. The summed E-state index contributed by atoms with van der Waals surface area (Å²) >= 11 is 5.04. The molecule has 6 heterocycles. The number of carbonyl (C=O) groups is 4. The van der Waals surface area contributed by atoms with Gasteiger partial charge in [0.15, 0.2) is 11.3 Å². The van der Waals surface area contributed by atoms with Crippen LogP contribution in [0, 0.1) is 39.5 Å². The molecule has 0 bridgehead atoms. The molecule has 2 saturated carbocycles. The number of amides is 3. The molecule has 3 amide bonds. The Morgan fingerprint density at radius 1 is 0.646 bits per heavy atom. The molecule has 2 atom stereocenters. The molecule has 10 rings (SSSR count). The number of likely N-dealkylation sites (tertiary alicyclic amines) is 2. The molecular weight excluding hydrogens is 848 g/mol. The summed E-state index contributed by atoms with van der Waals surface area (Å²) < 4.78 is 2.92. The van der Waals surface area contributed by atoms with Gasteiger partial charge in [-0.1, -0.05) is 24.3 Å². The maximum absolute atomic E-state index is 13.6. The predicted octanol–water partition coefficient (Wildman–Crippen LogP) is 7.11. The minimum atomic E-state index is -0.190. The van der Waals surface area contributed by atoms with E-state index < -0.39 is 0 Å². The fourth-order valence-electron chi connectivity index (χ4n) is 8.48. The van der Waals surface area contributed by atoms with Crippen molar-refractivity contribution in [2.45, 2.75) is 104 Å². The predicted molar refractivity (Wildman–Crippen MR) is 248 cm³/mol. The number of piperidine rings is 2. The third-order valence-electron chi connectivity index (χ3n) is 12.9. The normalized spacial score (nSPS) is 18.4. The molecule has 16 nitrogen and oxygen atoms in total. The SMILES string of the molecule is Cc1nc2cc([C@@H]3CCCCN3C(=O)c3ccccc3N)[nH]n2c(=O)c1C.Cc1nc2cc([C@@H]3CCCCN3C(=O)c3ccccc3NC(=O)C3CC3)[nH]n2c(=O)c1C.O=C(Cl)C1CC1. The number of carbonyl (C=O) groups excluding carboxylic acids is 4. The van der Waals surface area contributed by atoms with Gasteiger partial charge in [-0.2, -0.15) is 0 Å². The lowest BCUT2D eigenvalue weighted by Gasteiger charge is -2.35. The Morgan fingerprint density at radius 3 is 1.57 bits per heavy atom. The zero-order chi connectivity index (χ0) is 46.1. The van der Waals surface area contributed by atoms with Gasteiger partial charge in [0.25, 0.3) is 22.9 Å². The molecule has 2 aliphatic carbocycles. The van der Waals surface area contributed by atoms with Crippen LogP contribution in [0.15, 0.2) is 70.3 Å². The number of H-pyrrole nitrogens is 2. The Labute approximate surface area is 380 Å². The minimum absolute atomic E-state index is 0.0211. The highest BCUT2D eigenvalue weighted by Crippen LogP contribution is 2.36. The fourth-order valence-corrected chi connectivity index (χ4v) is 8.70. The zero-order valence-corrected chi connectivity index (χ0v) is 37.9. The lowest BCUT2D eigenvalue weighted by Crippen LogP contribution is -2.39. The third kappa shape index (κ3) is 9.63. The van der Waals surface area contributed by atoms with Crippen molar-refractivity contribution in [2.24, 2.45) is 11.8 Å².